The first kappa shape index (κ1) is 10.6. The van der Waals surface area contributed by atoms with Gasteiger partial charge >= 0.3 is 0 Å². The van der Waals surface area contributed by atoms with Gasteiger partial charge in [0.05, 0.1) is 6.20 Å². The summed E-state index contributed by atoms with van der Waals surface area (Å²) in [5.74, 6) is 0.0748. The number of halogens is 1. The summed E-state index contributed by atoms with van der Waals surface area (Å²) in [5, 5.41) is 0. The van der Waals surface area contributed by atoms with Crippen molar-refractivity contribution in [3.63, 3.8) is 0 Å². The van der Waals surface area contributed by atoms with Crippen LogP contribution in [0.15, 0.2) is 42.6 Å². The summed E-state index contributed by atoms with van der Waals surface area (Å²) in [6.45, 7) is 2.50. The standard InChI is InChI=1S/C13H12FNO/c1-10-3-2-4-11(7-10)9-16-12-5-6-13(14)15-8-12/h2-8H,9H2,1H3. The first-order valence-corrected chi connectivity index (χ1v) is 5.04. The molecule has 16 heavy (non-hydrogen) atoms. The molecular formula is C13H12FNO. The Labute approximate surface area is 93.7 Å². The van der Waals surface area contributed by atoms with Gasteiger partial charge in [-0.05, 0) is 24.6 Å². The molecule has 0 spiro atoms. The number of aromatic nitrogens is 1. The highest BCUT2D eigenvalue weighted by Crippen LogP contribution is 2.12. The molecule has 0 saturated heterocycles. The van der Waals surface area contributed by atoms with E-state index in [0.29, 0.717) is 12.4 Å². The van der Waals surface area contributed by atoms with Crippen LogP contribution >= 0.6 is 0 Å². The summed E-state index contributed by atoms with van der Waals surface area (Å²) >= 11 is 0. The van der Waals surface area contributed by atoms with E-state index in [2.05, 4.69) is 11.1 Å². The highest BCUT2D eigenvalue weighted by Gasteiger charge is 1.97. The SMILES string of the molecule is Cc1cccc(COc2ccc(F)nc2)c1. The lowest BCUT2D eigenvalue weighted by atomic mass is 10.1. The lowest BCUT2D eigenvalue weighted by Crippen LogP contribution is -1.96. The van der Waals surface area contributed by atoms with Crippen LogP contribution in [0.2, 0.25) is 0 Å². The van der Waals surface area contributed by atoms with Crippen molar-refractivity contribution in [1.29, 1.82) is 0 Å². The van der Waals surface area contributed by atoms with E-state index < -0.39 is 5.95 Å². The molecule has 2 rings (SSSR count). The van der Waals surface area contributed by atoms with Crippen LogP contribution < -0.4 is 4.74 Å². The Bertz CT molecular complexity index is 468. The molecule has 0 aliphatic heterocycles. The predicted octanol–water partition coefficient (Wildman–Crippen LogP) is 3.11. The number of hydrogen-bond donors (Lipinski definition) is 0. The van der Waals surface area contributed by atoms with Gasteiger partial charge in [0.25, 0.3) is 0 Å². The van der Waals surface area contributed by atoms with Gasteiger partial charge in [-0.2, -0.15) is 4.39 Å². The smallest absolute Gasteiger partial charge is 0.213 e. The zero-order chi connectivity index (χ0) is 11.4. The second kappa shape index (κ2) is 4.75. The number of rotatable bonds is 3. The average molecular weight is 217 g/mol. The Kier molecular flexibility index (Phi) is 3.15. The molecule has 0 fully saturated rings. The normalized spacial score (nSPS) is 10.1. The van der Waals surface area contributed by atoms with Gasteiger partial charge in [0.2, 0.25) is 5.95 Å². The van der Waals surface area contributed by atoms with Crippen molar-refractivity contribution >= 4 is 0 Å². The Morgan fingerprint density at radius 1 is 1.25 bits per heavy atom. The van der Waals surface area contributed by atoms with Gasteiger partial charge in [0.1, 0.15) is 12.4 Å². The van der Waals surface area contributed by atoms with Gasteiger partial charge in [-0.15, -0.1) is 0 Å². The first-order chi connectivity index (χ1) is 7.74. The summed E-state index contributed by atoms with van der Waals surface area (Å²) in [5.41, 5.74) is 2.28. The van der Waals surface area contributed by atoms with Crippen LogP contribution in [0.25, 0.3) is 0 Å². The van der Waals surface area contributed by atoms with Crippen LogP contribution in [-0.2, 0) is 6.61 Å². The highest BCUT2D eigenvalue weighted by molar-refractivity contribution is 5.23. The van der Waals surface area contributed by atoms with E-state index in [1.54, 1.807) is 6.07 Å². The van der Waals surface area contributed by atoms with Gasteiger partial charge in [0.15, 0.2) is 0 Å². The average Bonchev–Trinajstić information content (AvgIpc) is 2.28. The van der Waals surface area contributed by atoms with E-state index in [1.807, 2.05) is 25.1 Å². The molecule has 0 N–H and O–H groups in total. The minimum Gasteiger partial charge on any atom is -0.487 e. The van der Waals surface area contributed by atoms with Crippen LogP contribution in [-0.4, -0.2) is 4.98 Å². The molecule has 1 heterocycles. The van der Waals surface area contributed by atoms with Crippen molar-refractivity contribution in [3.05, 3.63) is 59.7 Å². The van der Waals surface area contributed by atoms with Crippen molar-refractivity contribution in [2.45, 2.75) is 13.5 Å². The molecule has 0 radical (unpaired) electrons. The Morgan fingerprint density at radius 3 is 2.81 bits per heavy atom. The van der Waals surface area contributed by atoms with E-state index >= 15 is 0 Å². The number of nitrogens with zero attached hydrogens (tertiary/aromatic N) is 1. The van der Waals surface area contributed by atoms with Crippen LogP contribution in [0.1, 0.15) is 11.1 Å². The zero-order valence-corrected chi connectivity index (χ0v) is 8.98. The summed E-state index contributed by atoms with van der Waals surface area (Å²) < 4.78 is 18.0. The molecule has 0 aliphatic carbocycles. The minimum absolute atomic E-state index is 0.467. The van der Waals surface area contributed by atoms with Gasteiger partial charge < -0.3 is 4.74 Å². The molecule has 2 aromatic rings. The monoisotopic (exact) mass is 217 g/mol. The summed E-state index contributed by atoms with van der Waals surface area (Å²) in [6.07, 6.45) is 1.38. The predicted molar refractivity (Wildman–Crippen MR) is 59.7 cm³/mol. The molecule has 0 aliphatic rings. The van der Waals surface area contributed by atoms with Crippen LogP contribution in [0.4, 0.5) is 4.39 Å². The maximum Gasteiger partial charge on any atom is 0.213 e. The molecule has 1 aromatic heterocycles. The van der Waals surface area contributed by atoms with Crippen molar-refractivity contribution in [2.75, 3.05) is 0 Å². The summed E-state index contributed by atoms with van der Waals surface area (Å²) in [7, 11) is 0. The fraction of sp³-hybridized carbons (Fsp3) is 0.154. The maximum absolute atomic E-state index is 12.5. The third kappa shape index (κ3) is 2.79. The van der Waals surface area contributed by atoms with Gasteiger partial charge in [-0.1, -0.05) is 29.8 Å². The molecule has 82 valence electrons. The molecule has 0 atom stereocenters. The highest BCUT2D eigenvalue weighted by atomic mass is 19.1. The molecule has 1 aromatic carbocycles. The van der Waals surface area contributed by atoms with Crippen molar-refractivity contribution < 1.29 is 9.13 Å². The van der Waals surface area contributed by atoms with E-state index in [9.17, 15) is 4.39 Å². The first-order valence-electron chi connectivity index (χ1n) is 5.04. The number of ether oxygens (including phenoxy) is 1. The van der Waals surface area contributed by atoms with E-state index in [4.69, 9.17) is 4.74 Å². The number of pyridine rings is 1. The third-order valence-electron chi connectivity index (χ3n) is 2.19. The fourth-order valence-electron chi connectivity index (χ4n) is 1.42. The van der Waals surface area contributed by atoms with Crippen molar-refractivity contribution in [2.24, 2.45) is 0 Å². The fourth-order valence-corrected chi connectivity index (χ4v) is 1.42. The van der Waals surface area contributed by atoms with Crippen molar-refractivity contribution in [3.8, 4) is 5.75 Å². The van der Waals surface area contributed by atoms with Crippen LogP contribution in [0, 0.1) is 12.9 Å². The van der Waals surface area contributed by atoms with E-state index in [0.717, 1.165) is 5.56 Å². The van der Waals surface area contributed by atoms with Gasteiger partial charge in [-0.25, -0.2) is 4.98 Å². The van der Waals surface area contributed by atoms with Gasteiger partial charge in [0, 0.05) is 0 Å². The minimum atomic E-state index is -0.497. The molecule has 0 bridgehead atoms. The van der Waals surface area contributed by atoms with Crippen LogP contribution in [0.3, 0.4) is 0 Å². The van der Waals surface area contributed by atoms with E-state index in [-0.39, 0.29) is 0 Å². The lowest BCUT2D eigenvalue weighted by Gasteiger charge is -2.06. The molecule has 2 nitrogen and oxygen atoms in total. The topological polar surface area (TPSA) is 22.1 Å². The molecule has 3 heteroatoms. The van der Waals surface area contributed by atoms with Crippen molar-refractivity contribution in [1.82, 2.24) is 4.98 Å². The molecule has 0 saturated carbocycles. The third-order valence-corrected chi connectivity index (χ3v) is 2.19. The number of benzene rings is 1. The second-order valence-corrected chi connectivity index (χ2v) is 3.59. The summed E-state index contributed by atoms with van der Waals surface area (Å²) in [4.78, 5) is 3.52. The summed E-state index contributed by atoms with van der Waals surface area (Å²) in [6, 6.07) is 10.9. The second-order valence-electron chi connectivity index (χ2n) is 3.59. The molecule has 0 amide bonds. The number of aryl methyl sites for hydroxylation is 1. The maximum atomic E-state index is 12.5. The lowest BCUT2D eigenvalue weighted by molar-refractivity contribution is 0.304. The quantitative estimate of drug-likeness (QED) is 0.737. The number of hydrogen-bond acceptors (Lipinski definition) is 2. The Balaban J connectivity index is 1.99. The largest absolute Gasteiger partial charge is 0.487 e. The molecule has 0 unspecified atom stereocenters. The zero-order valence-electron chi connectivity index (χ0n) is 8.98. The van der Waals surface area contributed by atoms with Crippen LogP contribution in [0.5, 0.6) is 5.75 Å². The molecular weight excluding hydrogens is 205 g/mol. The van der Waals surface area contributed by atoms with E-state index in [1.165, 1.54) is 17.8 Å². The van der Waals surface area contributed by atoms with Gasteiger partial charge in [-0.3, -0.25) is 0 Å². The Hall–Kier alpha value is -1.90. The Morgan fingerprint density at radius 2 is 2.12 bits per heavy atom.